The van der Waals surface area contributed by atoms with Crippen molar-refractivity contribution in [3.8, 4) is 17.2 Å². The van der Waals surface area contributed by atoms with Gasteiger partial charge in [0, 0.05) is 16.1 Å². The minimum absolute atomic E-state index is 0.0646. The number of ketones is 1. The first kappa shape index (κ1) is 22.6. The maximum atomic E-state index is 12.9. The smallest absolute Gasteiger partial charge is 0.416 e. The first-order valence-electron chi connectivity index (χ1n) is 8.45. The van der Waals surface area contributed by atoms with Gasteiger partial charge in [-0.1, -0.05) is 11.6 Å². The predicted octanol–water partition coefficient (Wildman–Crippen LogP) is 5.90. The highest BCUT2D eigenvalue weighted by atomic mass is 35.5. The fourth-order valence-electron chi connectivity index (χ4n) is 3.10. The van der Waals surface area contributed by atoms with Gasteiger partial charge in [-0.05, 0) is 49.8 Å². The van der Waals surface area contributed by atoms with Crippen molar-refractivity contribution in [2.75, 3.05) is 21.3 Å². The average Bonchev–Trinajstić information content (AvgIpc) is 2.66. The summed E-state index contributed by atoms with van der Waals surface area (Å²) in [6.07, 6.45) is -2.16. The maximum absolute atomic E-state index is 12.9. The van der Waals surface area contributed by atoms with E-state index in [0.717, 1.165) is 24.3 Å². The lowest BCUT2D eigenvalue weighted by Gasteiger charge is -2.19. The summed E-state index contributed by atoms with van der Waals surface area (Å²) in [5, 5.41) is 0.0862. The van der Waals surface area contributed by atoms with Crippen LogP contribution in [0.5, 0.6) is 17.2 Å². The molecule has 0 N–H and O–H groups in total. The molecule has 0 fully saturated rings. The highest BCUT2D eigenvalue weighted by Crippen LogP contribution is 2.43. The van der Waals surface area contributed by atoms with E-state index in [0.29, 0.717) is 16.9 Å². The normalized spacial score (nSPS) is 11.6. The lowest BCUT2D eigenvalue weighted by Crippen LogP contribution is -2.08. The number of carbonyl (C=O) groups is 1. The van der Waals surface area contributed by atoms with Crippen molar-refractivity contribution in [2.24, 2.45) is 0 Å². The van der Waals surface area contributed by atoms with Crippen molar-refractivity contribution in [1.82, 2.24) is 0 Å². The van der Waals surface area contributed by atoms with Crippen LogP contribution in [0, 0.1) is 13.8 Å². The van der Waals surface area contributed by atoms with Crippen LogP contribution >= 0.6 is 11.6 Å². The van der Waals surface area contributed by atoms with Gasteiger partial charge in [-0.25, -0.2) is 0 Å². The molecule has 4 nitrogen and oxygen atoms in total. The minimum atomic E-state index is -4.52. The van der Waals surface area contributed by atoms with E-state index in [1.807, 2.05) is 0 Å². The molecule has 0 aliphatic heterocycles. The number of hydrogen-bond donors (Lipinski definition) is 0. The van der Waals surface area contributed by atoms with Crippen molar-refractivity contribution in [1.29, 1.82) is 0 Å². The maximum Gasteiger partial charge on any atom is 0.416 e. The van der Waals surface area contributed by atoms with Crippen LogP contribution in [0.3, 0.4) is 0 Å². The molecule has 2 rings (SSSR count). The Morgan fingerprint density at radius 1 is 0.966 bits per heavy atom. The van der Waals surface area contributed by atoms with E-state index in [2.05, 4.69) is 0 Å². The number of rotatable bonds is 6. The molecule has 156 valence electrons. The Balaban J connectivity index is 2.57. The van der Waals surface area contributed by atoms with Gasteiger partial charge in [-0.3, -0.25) is 4.79 Å². The number of alkyl halides is 3. The van der Waals surface area contributed by atoms with E-state index in [9.17, 15) is 18.0 Å². The van der Waals surface area contributed by atoms with Gasteiger partial charge in [-0.15, -0.1) is 0 Å². The molecule has 0 saturated carbocycles. The molecule has 2 aromatic rings. The second-order valence-electron chi connectivity index (χ2n) is 6.16. The van der Waals surface area contributed by atoms with Crippen LogP contribution in [0.2, 0.25) is 5.02 Å². The molecule has 0 heterocycles. The number of benzene rings is 2. The van der Waals surface area contributed by atoms with E-state index in [-0.39, 0.29) is 27.6 Å². The summed E-state index contributed by atoms with van der Waals surface area (Å²) in [6.45, 7) is 3.46. The van der Waals surface area contributed by atoms with E-state index >= 15 is 0 Å². The summed E-state index contributed by atoms with van der Waals surface area (Å²) in [7, 11) is 4.30. The molecule has 0 aromatic heterocycles. The SMILES string of the molecule is COc1c(C)c(OC)c(C(=O)C=Cc2cc(C(F)(F)F)ccc2Cl)c(OC)c1C. The quantitative estimate of drug-likeness (QED) is 0.424. The zero-order valence-electron chi connectivity index (χ0n) is 16.5. The zero-order chi connectivity index (χ0) is 21.9. The van der Waals surface area contributed by atoms with Crippen LogP contribution in [-0.2, 0) is 6.18 Å². The van der Waals surface area contributed by atoms with Crippen LogP contribution in [0.4, 0.5) is 13.2 Å². The van der Waals surface area contributed by atoms with Crippen molar-refractivity contribution in [2.45, 2.75) is 20.0 Å². The van der Waals surface area contributed by atoms with Gasteiger partial charge < -0.3 is 14.2 Å². The summed E-state index contributed by atoms with van der Waals surface area (Å²) in [6, 6.07) is 2.90. The van der Waals surface area contributed by atoms with Gasteiger partial charge in [0.05, 0.1) is 26.9 Å². The van der Waals surface area contributed by atoms with Gasteiger partial charge in [0.25, 0.3) is 0 Å². The van der Waals surface area contributed by atoms with E-state index in [1.54, 1.807) is 13.8 Å². The molecule has 0 spiro atoms. The number of carbonyl (C=O) groups excluding carboxylic acids is 1. The summed E-state index contributed by atoms with van der Waals surface area (Å²) in [4.78, 5) is 12.9. The Hall–Kier alpha value is -2.67. The molecular formula is C21H20ClF3O4. The van der Waals surface area contributed by atoms with Crippen molar-refractivity contribution in [3.05, 3.63) is 57.1 Å². The molecule has 0 amide bonds. The molecule has 8 heteroatoms. The second kappa shape index (κ2) is 8.78. The van der Waals surface area contributed by atoms with E-state index in [1.165, 1.54) is 27.4 Å². The highest BCUT2D eigenvalue weighted by molar-refractivity contribution is 6.32. The highest BCUT2D eigenvalue weighted by Gasteiger charge is 2.31. The van der Waals surface area contributed by atoms with Crippen LogP contribution < -0.4 is 14.2 Å². The van der Waals surface area contributed by atoms with Crippen LogP contribution in [0.1, 0.15) is 32.6 Å². The van der Waals surface area contributed by atoms with Crippen LogP contribution in [0.15, 0.2) is 24.3 Å². The zero-order valence-corrected chi connectivity index (χ0v) is 17.3. The molecule has 0 bridgehead atoms. The first-order chi connectivity index (χ1) is 13.6. The van der Waals surface area contributed by atoms with Crippen molar-refractivity contribution >= 4 is 23.5 Å². The third kappa shape index (κ3) is 4.50. The Labute approximate surface area is 171 Å². The minimum Gasteiger partial charge on any atom is -0.496 e. The topological polar surface area (TPSA) is 44.8 Å². The Bertz CT molecular complexity index is 934. The molecule has 0 radical (unpaired) electrons. The molecule has 0 aliphatic carbocycles. The molecule has 0 aliphatic rings. The Morgan fingerprint density at radius 3 is 1.93 bits per heavy atom. The summed E-state index contributed by atoms with van der Waals surface area (Å²) < 4.78 is 55.0. The molecule has 0 atom stereocenters. The van der Waals surface area contributed by atoms with Crippen molar-refractivity contribution < 1.29 is 32.2 Å². The Kier molecular flexibility index (Phi) is 6.85. The lowest BCUT2D eigenvalue weighted by molar-refractivity contribution is -0.137. The molecule has 29 heavy (non-hydrogen) atoms. The van der Waals surface area contributed by atoms with Gasteiger partial charge in [-0.2, -0.15) is 13.2 Å². The molecule has 0 unspecified atom stereocenters. The average molecular weight is 429 g/mol. The monoisotopic (exact) mass is 428 g/mol. The van der Waals surface area contributed by atoms with Gasteiger partial charge >= 0.3 is 6.18 Å². The van der Waals surface area contributed by atoms with Gasteiger partial charge in [0.1, 0.15) is 22.8 Å². The first-order valence-corrected chi connectivity index (χ1v) is 8.82. The number of ether oxygens (including phenoxy) is 3. The van der Waals surface area contributed by atoms with Crippen LogP contribution in [-0.4, -0.2) is 27.1 Å². The van der Waals surface area contributed by atoms with E-state index < -0.39 is 17.5 Å². The number of methoxy groups -OCH3 is 3. The van der Waals surface area contributed by atoms with Gasteiger partial charge in [0.15, 0.2) is 5.78 Å². The van der Waals surface area contributed by atoms with Crippen molar-refractivity contribution in [3.63, 3.8) is 0 Å². The number of allylic oxidation sites excluding steroid dienone is 1. The second-order valence-corrected chi connectivity index (χ2v) is 6.56. The third-order valence-electron chi connectivity index (χ3n) is 4.41. The van der Waals surface area contributed by atoms with Gasteiger partial charge in [0.2, 0.25) is 0 Å². The fourth-order valence-corrected chi connectivity index (χ4v) is 3.28. The number of hydrogen-bond acceptors (Lipinski definition) is 4. The largest absolute Gasteiger partial charge is 0.496 e. The molecule has 0 saturated heterocycles. The molecular weight excluding hydrogens is 409 g/mol. The molecule has 2 aromatic carbocycles. The summed E-state index contributed by atoms with van der Waals surface area (Å²) in [5.41, 5.74) is 0.546. The third-order valence-corrected chi connectivity index (χ3v) is 4.76. The standard InChI is InChI=1S/C21H20ClF3O4/c1-11-18(27-3)12(2)20(29-5)17(19(11)28-4)16(26)9-6-13-10-14(21(23,24)25)7-8-15(13)22/h6-10H,1-5H3. The summed E-state index contributed by atoms with van der Waals surface area (Å²) >= 11 is 5.99. The van der Waals surface area contributed by atoms with Crippen LogP contribution in [0.25, 0.3) is 6.08 Å². The summed E-state index contributed by atoms with van der Waals surface area (Å²) in [5.74, 6) is 0.518. The predicted molar refractivity (Wildman–Crippen MR) is 105 cm³/mol. The lowest BCUT2D eigenvalue weighted by atomic mass is 9.98. The number of halogens is 4. The Morgan fingerprint density at radius 2 is 1.48 bits per heavy atom. The van der Waals surface area contributed by atoms with E-state index in [4.69, 9.17) is 25.8 Å². The fraction of sp³-hybridized carbons (Fsp3) is 0.286.